The minimum absolute atomic E-state index is 0.0548. The molecule has 1 aromatic carbocycles. The summed E-state index contributed by atoms with van der Waals surface area (Å²) in [6.45, 7) is 15.5. The second kappa shape index (κ2) is 5.77. The highest BCUT2D eigenvalue weighted by atomic mass is 16.5. The number of nitrogens with two attached hydrogens (primary N) is 1. The molecule has 0 amide bonds. The molecule has 1 atom stereocenters. The van der Waals surface area contributed by atoms with Crippen LogP contribution in [0.3, 0.4) is 0 Å². The first-order valence-electron chi connectivity index (χ1n) is 7.44. The minimum atomic E-state index is 0.0548. The predicted molar refractivity (Wildman–Crippen MR) is 87.7 cm³/mol. The van der Waals surface area contributed by atoms with Crippen LogP contribution in [0.4, 0.5) is 0 Å². The second-order valence-electron chi connectivity index (χ2n) is 7.90. The highest BCUT2D eigenvalue weighted by Gasteiger charge is 2.25. The van der Waals surface area contributed by atoms with Crippen molar-refractivity contribution in [1.29, 1.82) is 0 Å². The zero-order valence-corrected chi connectivity index (χ0v) is 14.4. The second-order valence-corrected chi connectivity index (χ2v) is 7.90. The zero-order chi connectivity index (χ0) is 15.7. The molecule has 0 aromatic heterocycles. The number of hydrogen-bond acceptors (Lipinski definition) is 2. The average Bonchev–Trinajstić information content (AvgIpc) is 2.24. The van der Waals surface area contributed by atoms with Crippen molar-refractivity contribution < 1.29 is 4.74 Å². The topological polar surface area (TPSA) is 35.2 Å². The van der Waals surface area contributed by atoms with Gasteiger partial charge in [0, 0.05) is 11.6 Å². The molecule has 0 aliphatic rings. The van der Waals surface area contributed by atoms with Crippen LogP contribution in [-0.4, -0.2) is 13.2 Å². The Morgan fingerprint density at radius 3 is 1.95 bits per heavy atom. The van der Waals surface area contributed by atoms with Crippen LogP contribution in [0.2, 0.25) is 0 Å². The van der Waals surface area contributed by atoms with Crippen LogP contribution in [-0.2, 0) is 17.3 Å². The van der Waals surface area contributed by atoms with Crippen molar-refractivity contribution in [3.05, 3.63) is 28.8 Å². The van der Waals surface area contributed by atoms with Crippen LogP contribution in [0.1, 0.15) is 65.2 Å². The van der Waals surface area contributed by atoms with Gasteiger partial charge in [0.2, 0.25) is 0 Å². The van der Waals surface area contributed by atoms with Crippen LogP contribution in [0.25, 0.3) is 0 Å². The van der Waals surface area contributed by atoms with Gasteiger partial charge in [-0.05, 0) is 35.3 Å². The highest BCUT2D eigenvalue weighted by Crippen LogP contribution is 2.38. The first-order chi connectivity index (χ1) is 8.96. The Morgan fingerprint density at radius 2 is 1.60 bits per heavy atom. The molecule has 1 rings (SSSR count). The van der Waals surface area contributed by atoms with Crippen molar-refractivity contribution >= 4 is 0 Å². The molecule has 0 saturated heterocycles. The van der Waals surface area contributed by atoms with Gasteiger partial charge in [-0.2, -0.15) is 0 Å². The summed E-state index contributed by atoms with van der Waals surface area (Å²) in [4.78, 5) is 0. The molecule has 20 heavy (non-hydrogen) atoms. The lowest BCUT2D eigenvalue weighted by Crippen LogP contribution is -2.22. The SMILES string of the molecule is COc1c(CC(C)N)cc(C(C)(C)C)cc1C(C)(C)C. The van der Waals surface area contributed by atoms with E-state index >= 15 is 0 Å². The van der Waals surface area contributed by atoms with Gasteiger partial charge in [-0.15, -0.1) is 0 Å². The van der Waals surface area contributed by atoms with Crippen LogP contribution >= 0.6 is 0 Å². The summed E-state index contributed by atoms with van der Waals surface area (Å²) in [7, 11) is 1.76. The fourth-order valence-corrected chi connectivity index (χ4v) is 2.42. The molecule has 0 heterocycles. The Labute approximate surface area is 124 Å². The molecule has 0 fully saturated rings. The summed E-state index contributed by atoms with van der Waals surface area (Å²) in [5.74, 6) is 1.00. The fraction of sp³-hybridized carbons (Fsp3) is 0.667. The van der Waals surface area contributed by atoms with Crippen molar-refractivity contribution in [3.63, 3.8) is 0 Å². The van der Waals surface area contributed by atoms with Crippen LogP contribution in [0.5, 0.6) is 5.75 Å². The van der Waals surface area contributed by atoms with Gasteiger partial charge >= 0.3 is 0 Å². The maximum Gasteiger partial charge on any atom is 0.125 e. The van der Waals surface area contributed by atoms with Crippen molar-refractivity contribution in [1.82, 2.24) is 0 Å². The van der Waals surface area contributed by atoms with E-state index in [0.29, 0.717) is 0 Å². The summed E-state index contributed by atoms with van der Waals surface area (Å²) < 4.78 is 5.72. The van der Waals surface area contributed by atoms with E-state index in [-0.39, 0.29) is 16.9 Å². The number of hydrogen-bond donors (Lipinski definition) is 1. The van der Waals surface area contributed by atoms with Gasteiger partial charge < -0.3 is 10.5 Å². The summed E-state index contributed by atoms with van der Waals surface area (Å²) in [5, 5.41) is 0. The molecule has 114 valence electrons. The van der Waals surface area contributed by atoms with E-state index in [0.717, 1.165) is 12.2 Å². The molecule has 0 aliphatic heterocycles. The number of ether oxygens (including phenoxy) is 1. The van der Waals surface area contributed by atoms with E-state index < -0.39 is 0 Å². The lowest BCUT2D eigenvalue weighted by molar-refractivity contribution is 0.390. The molecule has 1 aromatic rings. The van der Waals surface area contributed by atoms with Crippen molar-refractivity contribution in [2.45, 2.75) is 71.8 Å². The van der Waals surface area contributed by atoms with Crippen molar-refractivity contribution in [2.75, 3.05) is 7.11 Å². The standard InChI is InChI=1S/C18H31NO/c1-12(19)9-13-10-14(17(2,3)4)11-15(16(13)20-8)18(5,6)7/h10-12H,9,19H2,1-8H3. The highest BCUT2D eigenvalue weighted by molar-refractivity contribution is 5.49. The van der Waals surface area contributed by atoms with Gasteiger partial charge in [-0.25, -0.2) is 0 Å². The van der Waals surface area contributed by atoms with Gasteiger partial charge in [-0.3, -0.25) is 0 Å². The maximum absolute atomic E-state index is 6.01. The minimum Gasteiger partial charge on any atom is -0.496 e. The maximum atomic E-state index is 6.01. The van der Waals surface area contributed by atoms with E-state index in [1.54, 1.807) is 7.11 Å². The van der Waals surface area contributed by atoms with Gasteiger partial charge in [-0.1, -0.05) is 53.7 Å². The van der Waals surface area contributed by atoms with Crippen LogP contribution < -0.4 is 10.5 Å². The molecule has 0 bridgehead atoms. The largest absolute Gasteiger partial charge is 0.496 e. The smallest absolute Gasteiger partial charge is 0.125 e. The normalized spacial score (nSPS) is 14.2. The fourth-order valence-electron chi connectivity index (χ4n) is 2.42. The molecule has 0 spiro atoms. The molecule has 2 nitrogen and oxygen atoms in total. The molecule has 2 heteroatoms. The lowest BCUT2D eigenvalue weighted by Gasteiger charge is -2.29. The Hall–Kier alpha value is -1.02. The molecule has 0 saturated carbocycles. The summed E-state index contributed by atoms with van der Waals surface area (Å²) in [6, 6.07) is 4.69. The number of methoxy groups -OCH3 is 1. The van der Waals surface area contributed by atoms with Crippen molar-refractivity contribution in [3.8, 4) is 5.75 Å². The predicted octanol–water partition coefficient (Wildman–Crippen LogP) is 4.18. The Balaban J connectivity index is 3.56. The monoisotopic (exact) mass is 277 g/mol. The number of rotatable bonds is 3. The summed E-state index contributed by atoms with van der Waals surface area (Å²) >= 11 is 0. The Morgan fingerprint density at radius 1 is 1.05 bits per heavy atom. The number of benzene rings is 1. The Bertz CT molecular complexity index is 462. The molecule has 0 radical (unpaired) electrons. The zero-order valence-electron chi connectivity index (χ0n) is 14.4. The van der Waals surface area contributed by atoms with Crippen LogP contribution in [0.15, 0.2) is 12.1 Å². The van der Waals surface area contributed by atoms with E-state index in [2.05, 4.69) is 53.7 Å². The third kappa shape index (κ3) is 3.99. The van der Waals surface area contributed by atoms with Crippen molar-refractivity contribution in [2.24, 2.45) is 5.73 Å². The van der Waals surface area contributed by atoms with E-state index in [1.165, 1.54) is 16.7 Å². The molecule has 2 N–H and O–H groups in total. The van der Waals surface area contributed by atoms with E-state index in [1.807, 2.05) is 6.92 Å². The first kappa shape index (κ1) is 17.0. The average molecular weight is 277 g/mol. The van der Waals surface area contributed by atoms with Gasteiger partial charge in [0.1, 0.15) is 5.75 Å². The first-order valence-corrected chi connectivity index (χ1v) is 7.44. The summed E-state index contributed by atoms with van der Waals surface area (Å²) in [6.07, 6.45) is 0.843. The quantitative estimate of drug-likeness (QED) is 0.899. The molecule has 1 unspecified atom stereocenters. The van der Waals surface area contributed by atoms with E-state index in [9.17, 15) is 0 Å². The molecular formula is C18H31NO. The molecule has 0 aliphatic carbocycles. The van der Waals surface area contributed by atoms with Crippen LogP contribution in [0, 0.1) is 0 Å². The van der Waals surface area contributed by atoms with E-state index in [4.69, 9.17) is 10.5 Å². The Kier molecular flexibility index (Phi) is 4.91. The van der Waals surface area contributed by atoms with Gasteiger partial charge in [0.05, 0.1) is 7.11 Å². The third-order valence-corrected chi connectivity index (χ3v) is 3.59. The third-order valence-electron chi connectivity index (χ3n) is 3.59. The lowest BCUT2D eigenvalue weighted by atomic mass is 9.78. The summed E-state index contributed by atoms with van der Waals surface area (Å²) in [5.41, 5.74) is 10.0. The van der Waals surface area contributed by atoms with Gasteiger partial charge in [0.25, 0.3) is 0 Å². The molecular weight excluding hydrogens is 246 g/mol. The van der Waals surface area contributed by atoms with Gasteiger partial charge in [0.15, 0.2) is 0 Å².